The summed E-state index contributed by atoms with van der Waals surface area (Å²) in [5, 5.41) is 0. The molecule has 66 valence electrons. The van der Waals surface area contributed by atoms with Crippen LogP contribution >= 0.6 is 0 Å². The van der Waals surface area contributed by atoms with Crippen LogP contribution in [0.25, 0.3) is 0 Å². The number of hydrogen-bond donors (Lipinski definition) is 0. The Labute approximate surface area is 69.9 Å². The van der Waals surface area contributed by atoms with Gasteiger partial charge in [0.1, 0.15) is 18.9 Å². The number of aldehydes is 3. The van der Waals surface area contributed by atoms with E-state index in [1.165, 1.54) is 0 Å². The van der Waals surface area contributed by atoms with Gasteiger partial charge < -0.3 is 19.1 Å². The molecule has 0 radical (unpaired) electrons. The first-order valence-corrected chi connectivity index (χ1v) is 3.77. The number of carbonyl (C=O) groups excluding carboxylic acids is 3. The van der Waals surface area contributed by atoms with Crippen molar-refractivity contribution < 1.29 is 19.1 Å². The maximum absolute atomic E-state index is 10.5. The predicted octanol–water partition coefficient (Wildman–Crippen LogP) is -0.538. The SMILES string of the molecule is O=CC1COCC(C=O)C1C=O. The monoisotopic (exact) mass is 170 g/mol. The molecule has 0 bridgehead atoms. The van der Waals surface area contributed by atoms with E-state index in [-0.39, 0.29) is 13.2 Å². The molecule has 0 aromatic carbocycles. The van der Waals surface area contributed by atoms with Crippen LogP contribution in [0.2, 0.25) is 0 Å². The van der Waals surface area contributed by atoms with Crippen LogP contribution in [0.1, 0.15) is 0 Å². The molecule has 1 heterocycles. The standard InChI is InChI=1S/C8H10O4/c9-1-6-4-12-5-7(2-10)8(6)3-11/h1-3,6-8H,4-5H2. The number of ether oxygens (including phenoxy) is 1. The third-order valence-corrected chi connectivity index (χ3v) is 2.12. The van der Waals surface area contributed by atoms with Crippen LogP contribution in [-0.4, -0.2) is 32.1 Å². The summed E-state index contributed by atoms with van der Waals surface area (Å²) in [6, 6.07) is 0. The van der Waals surface area contributed by atoms with Crippen molar-refractivity contribution in [1.29, 1.82) is 0 Å². The zero-order chi connectivity index (χ0) is 8.97. The van der Waals surface area contributed by atoms with Gasteiger partial charge in [0.25, 0.3) is 0 Å². The summed E-state index contributed by atoms with van der Waals surface area (Å²) in [7, 11) is 0. The summed E-state index contributed by atoms with van der Waals surface area (Å²) >= 11 is 0. The van der Waals surface area contributed by atoms with Gasteiger partial charge in [0.15, 0.2) is 0 Å². The number of carbonyl (C=O) groups is 3. The van der Waals surface area contributed by atoms with Gasteiger partial charge >= 0.3 is 0 Å². The summed E-state index contributed by atoms with van der Waals surface area (Å²) in [4.78, 5) is 31.4. The molecule has 0 saturated carbocycles. The van der Waals surface area contributed by atoms with Gasteiger partial charge in [0.05, 0.1) is 13.2 Å². The fraction of sp³-hybridized carbons (Fsp3) is 0.625. The molecular weight excluding hydrogens is 160 g/mol. The average molecular weight is 170 g/mol. The Morgan fingerprint density at radius 3 is 1.75 bits per heavy atom. The Morgan fingerprint density at radius 1 is 0.917 bits per heavy atom. The highest BCUT2D eigenvalue weighted by atomic mass is 16.5. The van der Waals surface area contributed by atoms with E-state index >= 15 is 0 Å². The van der Waals surface area contributed by atoms with Crippen molar-refractivity contribution in [2.45, 2.75) is 0 Å². The molecular formula is C8H10O4. The maximum Gasteiger partial charge on any atom is 0.126 e. The van der Waals surface area contributed by atoms with Crippen LogP contribution in [0.4, 0.5) is 0 Å². The maximum atomic E-state index is 10.5. The van der Waals surface area contributed by atoms with Crippen molar-refractivity contribution in [3.05, 3.63) is 0 Å². The fourth-order valence-corrected chi connectivity index (χ4v) is 1.34. The van der Waals surface area contributed by atoms with E-state index in [0.717, 1.165) is 0 Å². The quantitative estimate of drug-likeness (QED) is 0.534. The Balaban J connectivity index is 2.70. The topological polar surface area (TPSA) is 60.4 Å². The number of rotatable bonds is 3. The van der Waals surface area contributed by atoms with Gasteiger partial charge in [-0.15, -0.1) is 0 Å². The molecule has 1 saturated heterocycles. The lowest BCUT2D eigenvalue weighted by Gasteiger charge is -2.28. The van der Waals surface area contributed by atoms with E-state index in [1.807, 2.05) is 0 Å². The first-order valence-electron chi connectivity index (χ1n) is 3.77. The minimum absolute atomic E-state index is 0.247. The van der Waals surface area contributed by atoms with Gasteiger partial charge in [-0.05, 0) is 0 Å². The molecule has 0 aromatic rings. The van der Waals surface area contributed by atoms with Crippen molar-refractivity contribution in [1.82, 2.24) is 0 Å². The van der Waals surface area contributed by atoms with E-state index < -0.39 is 17.8 Å². The zero-order valence-electron chi connectivity index (χ0n) is 6.51. The minimum Gasteiger partial charge on any atom is -0.380 e. The van der Waals surface area contributed by atoms with Gasteiger partial charge in [-0.1, -0.05) is 0 Å². The largest absolute Gasteiger partial charge is 0.380 e. The van der Waals surface area contributed by atoms with Gasteiger partial charge in [-0.3, -0.25) is 0 Å². The van der Waals surface area contributed by atoms with E-state index in [4.69, 9.17) is 4.74 Å². The molecule has 1 aliphatic rings. The lowest BCUT2D eigenvalue weighted by molar-refractivity contribution is -0.135. The Hall–Kier alpha value is -1.03. The molecule has 0 N–H and O–H groups in total. The third-order valence-electron chi connectivity index (χ3n) is 2.12. The van der Waals surface area contributed by atoms with Crippen molar-refractivity contribution in [2.24, 2.45) is 17.8 Å². The van der Waals surface area contributed by atoms with Crippen LogP contribution < -0.4 is 0 Å². The second-order valence-corrected chi connectivity index (χ2v) is 2.85. The Morgan fingerprint density at radius 2 is 1.42 bits per heavy atom. The van der Waals surface area contributed by atoms with Crippen LogP contribution in [0.15, 0.2) is 0 Å². The van der Waals surface area contributed by atoms with Gasteiger partial charge in [0.2, 0.25) is 0 Å². The van der Waals surface area contributed by atoms with E-state index in [0.29, 0.717) is 18.9 Å². The Kier molecular flexibility index (Phi) is 3.10. The first-order chi connectivity index (χ1) is 5.83. The molecule has 0 aliphatic carbocycles. The smallest absolute Gasteiger partial charge is 0.126 e. The van der Waals surface area contributed by atoms with Crippen LogP contribution in [0.3, 0.4) is 0 Å². The van der Waals surface area contributed by atoms with Crippen LogP contribution in [0.5, 0.6) is 0 Å². The van der Waals surface area contributed by atoms with Crippen LogP contribution in [-0.2, 0) is 19.1 Å². The molecule has 4 heteroatoms. The first kappa shape index (κ1) is 9.06. The highest BCUT2D eigenvalue weighted by molar-refractivity contribution is 5.71. The van der Waals surface area contributed by atoms with Gasteiger partial charge in [-0.2, -0.15) is 0 Å². The fourth-order valence-electron chi connectivity index (χ4n) is 1.34. The minimum atomic E-state index is -0.492. The Bertz CT molecular complexity index is 173. The second-order valence-electron chi connectivity index (χ2n) is 2.85. The zero-order valence-corrected chi connectivity index (χ0v) is 6.51. The molecule has 0 amide bonds. The lowest BCUT2D eigenvalue weighted by Crippen LogP contribution is -2.38. The highest BCUT2D eigenvalue weighted by Gasteiger charge is 2.33. The van der Waals surface area contributed by atoms with Gasteiger partial charge in [-0.25, -0.2) is 0 Å². The van der Waals surface area contributed by atoms with E-state index in [2.05, 4.69) is 0 Å². The second kappa shape index (κ2) is 4.11. The van der Waals surface area contributed by atoms with Crippen molar-refractivity contribution >= 4 is 18.9 Å². The van der Waals surface area contributed by atoms with E-state index in [1.54, 1.807) is 0 Å². The summed E-state index contributed by atoms with van der Waals surface area (Å²) in [5.74, 6) is -1.40. The molecule has 0 aromatic heterocycles. The predicted molar refractivity (Wildman–Crippen MR) is 39.5 cm³/mol. The summed E-state index contributed by atoms with van der Waals surface area (Å²) in [6.45, 7) is 0.495. The highest BCUT2D eigenvalue weighted by Crippen LogP contribution is 2.22. The summed E-state index contributed by atoms with van der Waals surface area (Å²) in [6.07, 6.45) is 2.02. The molecule has 2 unspecified atom stereocenters. The van der Waals surface area contributed by atoms with Gasteiger partial charge in [0, 0.05) is 17.8 Å². The van der Waals surface area contributed by atoms with E-state index in [9.17, 15) is 14.4 Å². The van der Waals surface area contributed by atoms with Crippen LogP contribution in [0, 0.1) is 17.8 Å². The lowest BCUT2D eigenvalue weighted by atomic mass is 9.83. The molecule has 1 aliphatic heterocycles. The molecule has 4 nitrogen and oxygen atoms in total. The molecule has 2 atom stereocenters. The number of hydrogen-bond acceptors (Lipinski definition) is 4. The summed E-state index contributed by atoms with van der Waals surface area (Å²) in [5.41, 5.74) is 0. The van der Waals surface area contributed by atoms with Crippen molar-refractivity contribution in [2.75, 3.05) is 13.2 Å². The average Bonchev–Trinajstić information content (AvgIpc) is 2.16. The molecule has 1 fully saturated rings. The van der Waals surface area contributed by atoms with Crippen molar-refractivity contribution in [3.63, 3.8) is 0 Å². The summed E-state index contributed by atoms with van der Waals surface area (Å²) < 4.78 is 4.99. The molecule has 12 heavy (non-hydrogen) atoms. The molecule has 1 rings (SSSR count). The van der Waals surface area contributed by atoms with Crippen molar-refractivity contribution in [3.8, 4) is 0 Å². The third kappa shape index (κ3) is 1.58. The molecule has 0 spiro atoms. The normalized spacial score (nSPS) is 35.5.